The fourth-order valence-corrected chi connectivity index (χ4v) is 0.385. The first-order chi connectivity index (χ1) is 5.83. The van der Waals surface area contributed by atoms with Crippen molar-refractivity contribution in [3.63, 3.8) is 0 Å². The van der Waals surface area contributed by atoms with Gasteiger partial charge in [-0.3, -0.25) is 12.2 Å². The van der Waals surface area contributed by atoms with Gasteiger partial charge in [0, 0.05) is 0 Å². The van der Waals surface area contributed by atoms with E-state index < -0.39 is 0 Å². The molecule has 0 aliphatic carbocycles. The molecule has 1 heteroatoms. The summed E-state index contributed by atoms with van der Waals surface area (Å²) in [4.78, 5) is 0. The Balaban J connectivity index is -0.000000143. The second-order valence-electron chi connectivity index (χ2n) is 1.96. The largest absolute Gasteiger partial charge is 2.00 e. The van der Waals surface area contributed by atoms with Gasteiger partial charge < -0.3 is 0 Å². The van der Waals surface area contributed by atoms with E-state index in [2.05, 4.69) is 12.2 Å². The molecule has 0 aliphatic rings. The molecule has 0 aromatic carbocycles. The second-order valence-corrected chi connectivity index (χ2v) is 1.96. The molecule has 0 nitrogen and oxygen atoms in total. The van der Waals surface area contributed by atoms with E-state index in [-0.39, 0.29) is 19.5 Å². The van der Waals surface area contributed by atoms with Crippen LogP contribution in [0.4, 0.5) is 0 Å². The van der Waals surface area contributed by atoms with Gasteiger partial charge in [0.1, 0.15) is 0 Å². The van der Waals surface area contributed by atoms with Crippen molar-refractivity contribution in [3.8, 4) is 0 Å². The summed E-state index contributed by atoms with van der Waals surface area (Å²) in [5.41, 5.74) is 0. The Morgan fingerprint density at radius 2 is 1.08 bits per heavy atom. The molecule has 0 radical (unpaired) electrons. The van der Waals surface area contributed by atoms with Crippen LogP contribution in [0.2, 0.25) is 0 Å². The fourth-order valence-electron chi connectivity index (χ4n) is 0.385. The van der Waals surface area contributed by atoms with Gasteiger partial charge in [0.15, 0.2) is 0 Å². The van der Waals surface area contributed by atoms with Gasteiger partial charge in [0.25, 0.3) is 0 Å². The van der Waals surface area contributed by atoms with Gasteiger partial charge in [-0.15, -0.1) is 13.8 Å². The van der Waals surface area contributed by atoms with Crippen LogP contribution in [0.25, 0.3) is 0 Å². The third-order valence-electron chi connectivity index (χ3n) is 0.911. The average Bonchev–Trinajstić information content (AvgIpc) is 2.12. The molecule has 74 valence electrons. The molecular formula is C12H18Ru. The van der Waals surface area contributed by atoms with E-state index >= 15 is 0 Å². The molecule has 0 atom stereocenters. The molecular weight excluding hydrogens is 245 g/mol. The van der Waals surface area contributed by atoms with E-state index in [1.807, 2.05) is 64.2 Å². The Bertz CT molecular complexity index is 122. The summed E-state index contributed by atoms with van der Waals surface area (Å²) in [6.45, 7) is 7.71. The van der Waals surface area contributed by atoms with Gasteiger partial charge >= 0.3 is 19.5 Å². The molecule has 0 amide bonds. The quantitative estimate of drug-likeness (QED) is 0.403. The molecule has 13 heavy (non-hydrogen) atoms. The summed E-state index contributed by atoms with van der Waals surface area (Å²) in [7, 11) is 0. The third-order valence-corrected chi connectivity index (χ3v) is 0.911. The number of hydrogen-bond donors (Lipinski definition) is 0. The van der Waals surface area contributed by atoms with Gasteiger partial charge in [-0.1, -0.05) is 13.8 Å². The first kappa shape index (κ1) is 18.4. The molecule has 0 spiro atoms. The Morgan fingerprint density at radius 3 is 1.15 bits per heavy atom. The zero-order valence-corrected chi connectivity index (χ0v) is 10.6. The van der Waals surface area contributed by atoms with E-state index in [0.717, 1.165) is 0 Å². The monoisotopic (exact) mass is 264 g/mol. The maximum atomic E-state index is 2.86. The van der Waals surface area contributed by atoms with E-state index in [1.54, 1.807) is 0 Å². The van der Waals surface area contributed by atoms with Crippen LogP contribution < -0.4 is 0 Å². The first-order valence-corrected chi connectivity index (χ1v) is 4.07. The Kier molecular flexibility index (Phi) is 31.9. The van der Waals surface area contributed by atoms with Gasteiger partial charge in [-0.25, -0.2) is 24.3 Å². The maximum absolute atomic E-state index is 2.86. The van der Waals surface area contributed by atoms with E-state index in [9.17, 15) is 0 Å². The van der Waals surface area contributed by atoms with Crippen molar-refractivity contribution in [1.82, 2.24) is 0 Å². The molecule has 0 N–H and O–H groups in total. The normalized spacial score (nSPS) is 10.8. The van der Waals surface area contributed by atoms with Crippen molar-refractivity contribution >= 4 is 0 Å². The van der Waals surface area contributed by atoms with Gasteiger partial charge in [0.2, 0.25) is 0 Å². The van der Waals surface area contributed by atoms with Gasteiger partial charge in [-0.2, -0.15) is 12.2 Å². The van der Waals surface area contributed by atoms with Crippen molar-refractivity contribution in [1.29, 1.82) is 0 Å². The molecule has 0 heterocycles. The zero-order valence-electron chi connectivity index (χ0n) is 8.82. The summed E-state index contributed by atoms with van der Waals surface area (Å²) in [5, 5.41) is 0. The summed E-state index contributed by atoms with van der Waals surface area (Å²) in [5.74, 6) is 0. The molecule has 0 aromatic rings. The number of allylic oxidation sites excluding steroid dienone is 8. The van der Waals surface area contributed by atoms with Crippen molar-refractivity contribution in [3.05, 3.63) is 48.6 Å². The Morgan fingerprint density at radius 1 is 0.769 bits per heavy atom. The van der Waals surface area contributed by atoms with Crippen LogP contribution >= 0.6 is 0 Å². The van der Waals surface area contributed by atoms with Crippen LogP contribution in [0, 0.1) is 12.2 Å². The maximum Gasteiger partial charge on any atom is 2.00 e. The predicted octanol–water partition coefficient (Wildman–Crippen LogP) is 3.88. The van der Waals surface area contributed by atoms with E-state index in [1.165, 1.54) is 0 Å². The van der Waals surface area contributed by atoms with E-state index in [0.29, 0.717) is 0 Å². The van der Waals surface area contributed by atoms with Crippen LogP contribution in [-0.2, 0) is 19.5 Å². The zero-order chi connectivity index (χ0) is 9.66. The van der Waals surface area contributed by atoms with Crippen molar-refractivity contribution in [2.24, 2.45) is 0 Å². The number of rotatable bonds is 2. The summed E-state index contributed by atoms with van der Waals surface area (Å²) in [6, 6.07) is 0. The molecule has 0 aromatic heterocycles. The summed E-state index contributed by atoms with van der Waals surface area (Å²) in [6.07, 6.45) is 17.3. The third kappa shape index (κ3) is 34.1. The van der Waals surface area contributed by atoms with Gasteiger partial charge in [0.05, 0.1) is 0 Å². The SMILES string of the molecule is C[C-]=C/C=C/C.C[C-]=C/C=C/C.[Ru+2]. The fraction of sp³-hybridized carbons (Fsp3) is 0.333. The molecule has 0 unspecified atom stereocenters. The topological polar surface area (TPSA) is 0 Å². The van der Waals surface area contributed by atoms with Crippen LogP contribution in [0.5, 0.6) is 0 Å². The van der Waals surface area contributed by atoms with E-state index in [4.69, 9.17) is 0 Å². The van der Waals surface area contributed by atoms with Crippen molar-refractivity contribution in [2.45, 2.75) is 27.7 Å². The van der Waals surface area contributed by atoms with Gasteiger partial charge in [-0.05, 0) is 0 Å². The van der Waals surface area contributed by atoms with Crippen LogP contribution in [0.15, 0.2) is 36.5 Å². The smallest absolute Gasteiger partial charge is 0.279 e. The van der Waals surface area contributed by atoms with Crippen LogP contribution in [0.3, 0.4) is 0 Å². The minimum Gasteiger partial charge on any atom is -0.279 e. The molecule has 0 saturated heterocycles. The summed E-state index contributed by atoms with van der Waals surface area (Å²) < 4.78 is 0. The minimum atomic E-state index is 0. The minimum absolute atomic E-state index is 0. The summed E-state index contributed by atoms with van der Waals surface area (Å²) >= 11 is 0. The molecule has 0 rings (SSSR count). The first-order valence-electron chi connectivity index (χ1n) is 4.07. The number of hydrogen-bond acceptors (Lipinski definition) is 0. The molecule has 0 bridgehead atoms. The predicted molar refractivity (Wildman–Crippen MR) is 56.6 cm³/mol. The average molecular weight is 263 g/mol. The molecule has 0 saturated carbocycles. The Hall–Kier alpha value is -0.417. The van der Waals surface area contributed by atoms with Crippen LogP contribution in [0.1, 0.15) is 27.7 Å². The van der Waals surface area contributed by atoms with Crippen molar-refractivity contribution < 1.29 is 19.5 Å². The Labute approximate surface area is 95.9 Å². The molecule has 0 aliphatic heterocycles. The molecule has 0 fully saturated rings. The van der Waals surface area contributed by atoms with Crippen LogP contribution in [-0.4, -0.2) is 0 Å². The second kappa shape index (κ2) is 22.6. The standard InChI is InChI=1S/2C6H9.Ru/c2*1-3-5-6-4-2;/h2*3,5-6H,1-2H3;/q2*-1;+2/b2*5-3+;. The van der Waals surface area contributed by atoms with Crippen molar-refractivity contribution in [2.75, 3.05) is 0 Å².